The number of halogens is 1. The highest BCUT2D eigenvalue weighted by Gasteiger charge is 2.10. The van der Waals surface area contributed by atoms with E-state index in [0.29, 0.717) is 5.02 Å². The Morgan fingerprint density at radius 3 is 2.57 bits per heavy atom. The normalized spacial score (nSPS) is 11.9. The predicted molar refractivity (Wildman–Crippen MR) is 79.3 cm³/mol. The average molecular weight is 308 g/mol. The van der Waals surface area contributed by atoms with Crippen molar-refractivity contribution in [2.45, 2.75) is 19.5 Å². The molecule has 0 saturated heterocycles. The zero-order chi connectivity index (χ0) is 15.4. The van der Waals surface area contributed by atoms with Gasteiger partial charge in [0.05, 0.1) is 6.04 Å². The van der Waals surface area contributed by atoms with Gasteiger partial charge in [-0.05, 0) is 24.6 Å². The van der Waals surface area contributed by atoms with Crippen LogP contribution < -0.4 is 16.6 Å². The molecule has 0 spiro atoms. The highest BCUT2D eigenvalue weighted by molar-refractivity contribution is 6.30. The van der Waals surface area contributed by atoms with Gasteiger partial charge >= 0.3 is 5.69 Å². The van der Waals surface area contributed by atoms with Crippen LogP contribution in [0.2, 0.25) is 5.02 Å². The first kappa shape index (κ1) is 15.1. The summed E-state index contributed by atoms with van der Waals surface area (Å²) in [5.41, 5.74) is -0.204. The fraction of sp³-hybridized carbons (Fsp3) is 0.214. The number of aromatic amines is 1. The molecule has 2 N–H and O–H groups in total. The number of rotatable bonds is 4. The number of carbonyl (C=O) groups excluding carboxylic acids is 1. The van der Waals surface area contributed by atoms with Crippen LogP contribution in [-0.4, -0.2) is 15.5 Å². The molecule has 2 rings (SSSR count). The van der Waals surface area contributed by atoms with Crippen molar-refractivity contribution in [2.75, 3.05) is 0 Å². The van der Waals surface area contributed by atoms with Crippen molar-refractivity contribution < 1.29 is 4.79 Å². The first-order valence-corrected chi connectivity index (χ1v) is 6.68. The van der Waals surface area contributed by atoms with Gasteiger partial charge in [-0.2, -0.15) is 0 Å². The lowest BCUT2D eigenvalue weighted by Crippen LogP contribution is -2.36. The van der Waals surface area contributed by atoms with Gasteiger partial charge < -0.3 is 5.32 Å². The van der Waals surface area contributed by atoms with E-state index < -0.39 is 11.2 Å². The molecular weight excluding hydrogens is 294 g/mol. The largest absolute Gasteiger partial charge is 0.348 e. The summed E-state index contributed by atoms with van der Waals surface area (Å²) in [6, 6.07) is 8.10. The summed E-state index contributed by atoms with van der Waals surface area (Å²) in [4.78, 5) is 36.4. The Morgan fingerprint density at radius 2 is 1.95 bits per heavy atom. The Labute approximate surface area is 125 Å². The van der Waals surface area contributed by atoms with E-state index in [-0.39, 0.29) is 18.5 Å². The first-order valence-electron chi connectivity index (χ1n) is 6.30. The molecule has 0 aliphatic rings. The van der Waals surface area contributed by atoms with Crippen molar-refractivity contribution >= 4 is 17.5 Å². The fourth-order valence-corrected chi connectivity index (χ4v) is 1.97. The number of aromatic nitrogens is 2. The zero-order valence-electron chi connectivity index (χ0n) is 11.3. The molecule has 7 heteroatoms. The maximum Gasteiger partial charge on any atom is 0.328 e. The molecule has 1 heterocycles. The lowest BCUT2D eigenvalue weighted by Gasteiger charge is -2.14. The molecule has 1 aromatic heterocycles. The minimum atomic E-state index is -0.614. The number of nitrogens with zero attached hydrogens (tertiary/aromatic N) is 1. The van der Waals surface area contributed by atoms with Gasteiger partial charge in [0.15, 0.2) is 0 Å². The molecule has 0 aliphatic heterocycles. The first-order chi connectivity index (χ1) is 9.95. The summed E-state index contributed by atoms with van der Waals surface area (Å²) in [6.07, 6.45) is 1.29. The summed E-state index contributed by atoms with van der Waals surface area (Å²) >= 11 is 5.81. The molecule has 2 aromatic rings. The van der Waals surface area contributed by atoms with Gasteiger partial charge in [-0.3, -0.25) is 19.1 Å². The summed E-state index contributed by atoms with van der Waals surface area (Å²) < 4.78 is 1.13. The lowest BCUT2D eigenvalue weighted by molar-refractivity contribution is -0.122. The number of benzene rings is 1. The average Bonchev–Trinajstić information content (AvgIpc) is 2.42. The van der Waals surface area contributed by atoms with Gasteiger partial charge in [-0.25, -0.2) is 4.79 Å². The molecule has 0 unspecified atom stereocenters. The molecule has 1 amide bonds. The molecule has 0 aliphatic carbocycles. The number of nitrogens with one attached hydrogen (secondary N) is 2. The minimum absolute atomic E-state index is 0.159. The fourth-order valence-electron chi connectivity index (χ4n) is 1.85. The molecule has 0 bridgehead atoms. The van der Waals surface area contributed by atoms with Crippen LogP contribution in [0.4, 0.5) is 0 Å². The summed E-state index contributed by atoms with van der Waals surface area (Å²) in [6.45, 7) is 1.67. The maximum absolute atomic E-state index is 11.9. The second kappa shape index (κ2) is 6.41. The van der Waals surface area contributed by atoms with Crippen LogP contribution in [0.25, 0.3) is 0 Å². The molecule has 0 saturated carbocycles. The van der Waals surface area contributed by atoms with Gasteiger partial charge in [0.1, 0.15) is 6.54 Å². The molecular formula is C14H14ClN3O3. The standard InChI is InChI=1S/C14H14ClN3O3/c1-9(10-2-4-11(15)5-3-10)16-13(20)8-18-7-6-12(19)17-14(18)21/h2-7,9H,8H2,1H3,(H,16,20)(H,17,19,21)/t9-/m0/s1. The van der Waals surface area contributed by atoms with Gasteiger partial charge in [-0.15, -0.1) is 0 Å². The Hall–Kier alpha value is -2.34. The summed E-state index contributed by atoms with van der Waals surface area (Å²) in [5, 5.41) is 3.39. The Kier molecular flexibility index (Phi) is 4.59. The van der Waals surface area contributed by atoms with Crippen molar-refractivity contribution in [1.29, 1.82) is 0 Å². The highest BCUT2D eigenvalue weighted by atomic mass is 35.5. The Balaban J connectivity index is 2.02. The quantitative estimate of drug-likeness (QED) is 0.886. The van der Waals surface area contributed by atoms with Crippen molar-refractivity contribution in [2.24, 2.45) is 0 Å². The smallest absolute Gasteiger partial charge is 0.328 e. The zero-order valence-corrected chi connectivity index (χ0v) is 12.1. The van der Waals surface area contributed by atoms with E-state index in [1.54, 1.807) is 12.1 Å². The summed E-state index contributed by atoms with van der Waals surface area (Å²) in [7, 11) is 0. The van der Waals surface area contributed by atoms with Crippen molar-refractivity contribution in [1.82, 2.24) is 14.9 Å². The minimum Gasteiger partial charge on any atom is -0.348 e. The number of H-pyrrole nitrogens is 1. The molecule has 0 fully saturated rings. The SMILES string of the molecule is C[C@H](NC(=O)Cn1ccc(=O)[nH]c1=O)c1ccc(Cl)cc1. The summed E-state index contributed by atoms with van der Waals surface area (Å²) in [5.74, 6) is -0.327. The Bertz CT molecular complexity index is 749. The van der Waals surface area contributed by atoms with E-state index in [2.05, 4.69) is 10.3 Å². The van der Waals surface area contributed by atoms with Crippen molar-refractivity contribution in [3.63, 3.8) is 0 Å². The van der Waals surface area contributed by atoms with Crippen LogP contribution >= 0.6 is 11.6 Å². The van der Waals surface area contributed by atoms with Crippen molar-refractivity contribution in [3.8, 4) is 0 Å². The third-order valence-corrected chi connectivity index (χ3v) is 3.21. The van der Waals surface area contributed by atoms with Crippen LogP contribution in [0.3, 0.4) is 0 Å². The van der Waals surface area contributed by atoms with E-state index in [9.17, 15) is 14.4 Å². The van der Waals surface area contributed by atoms with E-state index >= 15 is 0 Å². The second-order valence-corrected chi connectivity index (χ2v) is 5.02. The number of carbonyl (C=O) groups is 1. The highest BCUT2D eigenvalue weighted by Crippen LogP contribution is 2.15. The van der Waals surface area contributed by atoms with E-state index in [4.69, 9.17) is 11.6 Å². The van der Waals surface area contributed by atoms with E-state index in [1.807, 2.05) is 19.1 Å². The number of amides is 1. The number of hydrogen-bond donors (Lipinski definition) is 2. The monoisotopic (exact) mass is 307 g/mol. The Morgan fingerprint density at radius 1 is 1.29 bits per heavy atom. The lowest BCUT2D eigenvalue weighted by atomic mass is 10.1. The van der Waals surface area contributed by atoms with Gasteiger partial charge in [0.25, 0.3) is 5.56 Å². The van der Waals surface area contributed by atoms with E-state index in [1.165, 1.54) is 12.3 Å². The van der Waals surface area contributed by atoms with Gasteiger partial charge in [-0.1, -0.05) is 23.7 Å². The molecule has 6 nitrogen and oxygen atoms in total. The maximum atomic E-state index is 11.9. The molecule has 21 heavy (non-hydrogen) atoms. The van der Waals surface area contributed by atoms with Crippen LogP contribution in [-0.2, 0) is 11.3 Å². The van der Waals surface area contributed by atoms with Gasteiger partial charge in [0, 0.05) is 17.3 Å². The molecule has 0 radical (unpaired) electrons. The third-order valence-electron chi connectivity index (χ3n) is 2.96. The van der Waals surface area contributed by atoms with Gasteiger partial charge in [0.2, 0.25) is 5.91 Å². The second-order valence-electron chi connectivity index (χ2n) is 4.58. The van der Waals surface area contributed by atoms with Crippen LogP contribution in [0.15, 0.2) is 46.1 Å². The number of hydrogen-bond acceptors (Lipinski definition) is 3. The molecule has 110 valence electrons. The molecule has 1 atom stereocenters. The van der Waals surface area contributed by atoms with Crippen LogP contribution in [0.5, 0.6) is 0 Å². The predicted octanol–water partition coefficient (Wildman–Crippen LogP) is 1.07. The third kappa shape index (κ3) is 4.06. The van der Waals surface area contributed by atoms with E-state index in [0.717, 1.165) is 10.1 Å². The topological polar surface area (TPSA) is 84.0 Å². The molecule has 1 aromatic carbocycles. The van der Waals surface area contributed by atoms with Crippen molar-refractivity contribution in [3.05, 3.63) is 68.0 Å². The van der Waals surface area contributed by atoms with Crippen LogP contribution in [0.1, 0.15) is 18.5 Å². The van der Waals surface area contributed by atoms with Crippen LogP contribution in [0, 0.1) is 0 Å².